The Kier molecular flexibility index (Phi) is 5.75. The maximum absolute atomic E-state index is 12.2. The van der Waals surface area contributed by atoms with E-state index in [4.69, 9.17) is 9.84 Å². The fourth-order valence-corrected chi connectivity index (χ4v) is 2.45. The number of carboxylic acids is 1. The smallest absolute Gasteiger partial charge is 0.341 e. The van der Waals surface area contributed by atoms with E-state index >= 15 is 0 Å². The number of hydrogen-bond acceptors (Lipinski definition) is 6. The summed E-state index contributed by atoms with van der Waals surface area (Å²) < 4.78 is 9.99. The molecule has 25 heavy (non-hydrogen) atoms. The zero-order chi connectivity index (χ0) is 18.6. The van der Waals surface area contributed by atoms with Crippen molar-refractivity contribution in [3.63, 3.8) is 0 Å². The minimum atomic E-state index is -1.11. The van der Waals surface area contributed by atoms with E-state index < -0.39 is 37.0 Å². The van der Waals surface area contributed by atoms with Crippen LogP contribution >= 0.6 is 15.9 Å². The van der Waals surface area contributed by atoms with Crippen molar-refractivity contribution < 1.29 is 33.8 Å². The summed E-state index contributed by atoms with van der Waals surface area (Å²) in [6.07, 6.45) is 1.42. The standard InChI is InChI=1S/C15H13BrN2O7/c1-24-13(21)6-18-14(22)10(17-15(18)23)5-8-2-3-11(9(16)4-8)25-7-12(19)20/h2-5H,6-7H2,1H3,(H,17,23)(H,19,20). The molecule has 9 nitrogen and oxygen atoms in total. The number of nitrogens with zero attached hydrogens (tertiary/aromatic N) is 1. The van der Waals surface area contributed by atoms with Crippen LogP contribution in [0.2, 0.25) is 0 Å². The van der Waals surface area contributed by atoms with Crippen LogP contribution in [-0.4, -0.2) is 54.1 Å². The Hall–Kier alpha value is -2.88. The van der Waals surface area contributed by atoms with Gasteiger partial charge in [0, 0.05) is 0 Å². The van der Waals surface area contributed by atoms with Crippen LogP contribution in [0.1, 0.15) is 5.56 Å². The molecular weight excluding hydrogens is 400 g/mol. The number of carboxylic acid groups (broad SMARTS) is 1. The molecule has 0 aromatic heterocycles. The fourth-order valence-electron chi connectivity index (χ4n) is 1.94. The van der Waals surface area contributed by atoms with Crippen molar-refractivity contribution >= 4 is 45.9 Å². The van der Waals surface area contributed by atoms with Crippen LogP contribution in [0.4, 0.5) is 4.79 Å². The number of amides is 3. The third-order valence-electron chi connectivity index (χ3n) is 3.10. The number of rotatable bonds is 6. The highest BCUT2D eigenvalue weighted by molar-refractivity contribution is 9.10. The van der Waals surface area contributed by atoms with Crippen LogP contribution < -0.4 is 10.1 Å². The number of benzene rings is 1. The minimum absolute atomic E-state index is 0.00000685. The number of halogens is 1. The largest absolute Gasteiger partial charge is 0.481 e. The third-order valence-corrected chi connectivity index (χ3v) is 3.71. The molecule has 0 aliphatic carbocycles. The number of carbonyl (C=O) groups excluding carboxylic acids is 3. The molecule has 1 aromatic carbocycles. The summed E-state index contributed by atoms with van der Waals surface area (Å²) in [6, 6.07) is 3.97. The average molecular weight is 413 g/mol. The Bertz CT molecular complexity index is 775. The van der Waals surface area contributed by atoms with Gasteiger partial charge >= 0.3 is 18.0 Å². The normalized spacial score (nSPS) is 15.3. The predicted octanol–water partition coefficient (Wildman–Crippen LogP) is 0.978. The van der Waals surface area contributed by atoms with Gasteiger partial charge in [-0.3, -0.25) is 9.59 Å². The van der Waals surface area contributed by atoms with E-state index in [2.05, 4.69) is 26.0 Å². The van der Waals surface area contributed by atoms with Gasteiger partial charge in [-0.1, -0.05) is 6.07 Å². The first-order chi connectivity index (χ1) is 11.8. The Morgan fingerprint density at radius 2 is 2.08 bits per heavy atom. The first kappa shape index (κ1) is 18.5. The summed E-state index contributed by atoms with van der Waals surface area (Å²) in [7, 11) is 1.16. The summed E-state index contributed by atoms with van der Waals surface area (Å²) in [5.41, 5.74) is 0.554. The first-order valence-electron chi connectivity index (χ1n) is 6.87. The molecule has 1 aromatic rings. The number of urea groups is 1. The lowest BCUT2D eigenvalue weighted by molar-refractivity contribution is -0.143. The molecule has 1 heterocycles. The number of esters is 1. The molecule has 1 aliphatic heterocycles. The lowest BCUT2D eigenvalue weighted by Crippen LogP contribution is -2.36. The van der Waals surface area contributed by atoms with Gasteiger partial charge in [-0.05, 0) is 39.7 Å². The highest BCUT2D eigenvalue weighted by atomic mass is 79.9. The SMILES string of the molecule is COC(=O)CN1C(=O)NC(=Cc2ccc(OCC(=O)O)c(Br)c2)C1=O. The summed E-state index contributed by atoms with van der Waals surface area (Å²) >= 11 is 3.24. The summed E-state index contributed by atoms with van der Waals surface area (Å²) in [5.74, 6) is -2.16. The molecule has 2 rings (SSSR count). The zero-order valence-electron chi connectivity index (χ0n) is 12.9. The molecule has 10 heteroatoms. The van der Waals surface area contributed by atoms with Crippen molar-refractivity contribution in [2.24, 2.45) is 0 Å². The van der Waals surface area contributed by atoms with Crippen LogP contribution in [0.25, 0.3) is 6.08 Å². The van der Waals surface area contributed by atoms with Gasteiger partial charge in [-0.25, -0.2) is 14.5 Å². The summed E-state index contributed by atoms with van der Waals surface area (Å²) in [5, 5.41) is 11.0. The average Bonchev–Trinajstić information content (AvgIpc) is 2.81. The van der Waals surface area contributed by atoms with Gasteiger partial charge in [0.05, 0.1) is 11.6 Å². The monoisotopic (exact) mass is 412 g/mol. The van der Waals surface area contributed by atoms with Crippen molar-refractivity contribution in [3.05, 3.63) is 33.9 Å². The Morgan fingerprint density at radius 1 is 1.36 bits per heavy atom. The number of aliphatic carboxylic acids is 1. The molecule has 3 amide bonds. The quantitative estimate of drug-likeness (QED) is 0.405. The van der Waals surface area contributed by atoms with Gasteiger partial charge in [0.25, 0.3) is 5.91 Å². The number of methoxy groups -OCH3 is 1. The van der Waals surface area contributed by atoms with Gasteiger partial charge in [-0.15, -0.1) is 0 Å². The lowest BCUT2D eigenvalue weighted by atomic mass is 10.2. The molecule has 0 atom stereocenters. The van der Waals surface area contributed by atoms with Crippen LogP contribution in [0.5, 0.6) is 5.75 Å². The second kappa shape index (κ2) is 7.79. The number of carbonyl (C=O) groups is 4. The van der Waals surface area contributed by atoms with Crippen molar-refractivity contribution in [2.45, 2.75) is 0 Å². The number of imide groups is 1. The highest BCUT2D eigenvalue weighted by Crippen LogP contribution is 2.27. The number of nitrogens with one attached hydrogen (secondary N) is 1. The Balaban J connectivity index is 2.16. The third kappa shape index (κ3) is 4.57. The molecule has 0 saturated carbocycles. The van der Waals surface area contributed by atoms with Crippen LogP contribution in [0.3, 0.4) is 0 Å². The fraction of sp³-hybridized carbons (Fsp3) is 0.200. The zero-order valence-corrected chi connectivity index (χ0v) is 14.5. The van der Waals surface area contributed by atoms with E-state index in [1.54, 1.807) is 12.1 Å². The minimum Gasteiger partial charge on any atom is -0.481 e. The van der Waals surface area contributed by atoms with E-state index in [1.165, 1.54) is 12.1 Å². The van der Waals surface area contributed by atoms with E-state index in [1.807, 2.05) is 0 Å². The molecule has 0 spiro atoms. The van der Waals surface area contributed by atoms with E-state index in [0.29, 0.717) is 15.8 Å². The topological polar surface area (TPSA) is 122 Å². The molecule has 2 N–H and O–H groups in total. The second-order valence-electron chi connectivity index (χ2n) is 4.83. The maximum atomic E-state index is 12.2. The number of hydrogen-bond donors (Lipinski definition) is 2. The number of ether oxygens (including phenoxy) is 2. The molecular formula is C15H13BrN2O7. The van der Waals surface area contributed by atoms with Gasteiger partial charge in [0.15, 0.2) is 6.61 Å². The molecule has 0 unspecified atom stereocenters. The molecule has 1 aliphatic rings. The van der Waals surface area contributed by atoms with Gasteiger partial charge < -0.3 is 19.9 Å². The van der Waals surface area contributed by atoms with Crippen molar-refractivity contribution in [3.8, 4) is 5.75 Å². The van der Waals surface area contributed by atoms with Gasteiger partial charge in [0.1, 0.15) is 18.0 Å². The van der Waals surface area contributed by atoms with Crippen molar-refractivity contribution in [1.82, 2.24) is 10.2 Å². The summed E-state index contributed by atoms with van der Waals surface area (Å²) in [4.78, 5) is 46.4. The molecule has 0 radical (unpaired) electrons. The molecule has 1 fully saturated rings. The van der Waals surface area contributed by atoms with Gasteiger partial charge in [-0.2, -0.15) is 0 Å². The highest BCUT2D eigenvalue weighted by Gasteiger charge is 2.35. The van der Waals surface area contributed by atoms with E-state index in [0.717, 1.165) is 12.0 Å². The van der Waals surface area contributed by atoms with Gasteiger partial charge in [0.2, 0.25) is 0 Å². The van der Waals surface area contributed by atoms with E-state index in [9.17, 15) is 19.2 Å². The molecule has 1 saturated heterocycles. The maximum Gasteiger partial charge on any atom is 0.341 e. The lowest BCUT2D eigenvalue weighted by Gasteiger charge is -2.09. The van der Waals surface area contributed by atoms with Crippen LogP contribution in [0.15, 0.2) is 28.4 Å². The van der Waals surface area contributed by atoms with Crippen molar-refractivity contribution in [2.75, 3.05) is 20.3 Å². The Morgan fingerprint density at radius 3 is 2.68 bits per heavy atom. The second-order valence-corrected chi connectivity index (χ2v) is 5.68. The first-order valence-corrected chi connectivity index (χ1v) is 7.66. The predicted molar refractivity (Wildman–Crippen MR) is 87.5 cm³/mol. The molecule has 132 valence electrons. The summed E-state index contributed by atoms with van der Waals surface area (Å²) in [6.45, 7) is -0.972. The van der Waals surface area contributed by atoms with E-state index in [-0.39, 0.29) is 5.70 Å². The van der Waals surface area contributed by atoms with Crippen molar-refractivity contribution in [1.29, 1.82) is 0 Å². The molecule has 0 bridgehead atoms. The van der Waals surface area contributed by atoms with Crippen LogP contribution in [0, 0.1) is 0 Å². The Labute approximate surface area is 150 Å². The van der Waals surface area contributed by atoms with Crippen LogP contribution in [-0.2, 0) is 19.1 Å².